The smallest absolute Gasteiger partial charge is 0.163 e. The molecule has 1 aliphatic rings. The van der Waals surface area contributed by atoms with E-state index in [9.17, 15) is 8.78 Å². The fourth-order valence-corrected chi connectivity index (χ4v) is 2.79. The van der Waals surface area contributed by atoms with E-state index < -0.39 is 11.6 Å². The average Bonchev–Trinajstić information content (AvgIpc) is 2.43. The Bertz CT molecular complexity index is 423. The van der Waals surface area contributed by atoms with Crippen LogP contribution < -0.4 is 5.32 Å². The Balaban J connectivity index is 2.01. The lowest BCUT2D eigenvalue weighted by molar-refractivity contribution is 0.145. The van der Waals surface area contributed by atoms with Crippen LogP contribution in [0.15, 0.2) is 18.2 Å². The first-order valence-corrected chi connectivity index (χ1v) is 6.94. The minimum Gasteiger partial charge on any atom is -0.317 e. The molecule has 2 unspecified atom stereocenters. The largest absolute Gasteiger partial charge is 0.317 e. The Labute approximate surface area is 113 Å². The summed E-state index contributed by atoms with van der Waals surface area (Å²) in [5, 5.41) is 3.28. The highest BCUT2D eigenvalue weighted by Gasteiger charge is 2.24. The van der Waals surface area contributed by atoms with Crippen molar-refractivity contribution in [2.24, 2.45) is 5.92 Å². The van der Waals surface area contributed by atoms with Crippen molar-refractivity contribution in [3.63, 3.8) is 0 Å². The summed E-state index contributed by atoms with van der Waals surface area (Å²) in [5.41, 5.74) is 0.456. The molecule has 19 heavy (non-hydrogen) atoms. The summed E-state index contributed by atoms with van der Waals surface area (Å²) in [6.45, 7) is 4.58. The van der Waals surface area contributed by atoms with Crippen molar-refractivity contribution < 1.29 is 8.78 Å². The summed E-state index contributed by atoms with van der Waals surface area (Å²) in [6, 6.07) is 4.87. The zero-order valence-electron chi connectivity index (χ0n) is 11.6. The van der Waals surface area contributed by atoms with Gasteiger partial charge in [0, 0.05) is 24.7 Å². The molecule has 0 bridgehead atoms. The number of nitrogens with zero attached hydrogens (tertiary/aromatic N) is 1. The highest BCUT2D eigenvalue weighted by molar-refractivity contribution is 5.18. The fraction of sp³-hybridized carbons (Fsp3) is 0.600. The lowest BCUT2D eigenvalue weighted by atomic mass is 9.91. The maximum Gasteiger partial charge on any atom is 0.163 e. The highest BCUT2D eigenvalue weighted by Crippen LogP contribution is 2.22. The van der Waals surface area contributed by atoms with Crippen LogP contribution in [-0.4, -0.2) is 31.1 Å². The predicted octanol–water partition coefficient (Wildman–Crippen LogP) is 2.78. The van der Waals surface area contributed by atoms with E-state index in [0.717, 1.165) is 19.5 Å². The van der Waals surface area contributed by atoms with Crippen molar-refractivity contribution in [3.05, 3.63) is 35.4 Å². The number of likely N-dealkylation sites (tertiary alicyclic amines) is 1. The first-order chi connectivity index (χ1) is 9.11. The van der Waals surface area contributed by atoms with Crippen molar-refractivity contribution in [2.75, 3.05) is 20.1 Å². The SMILES string of the molecule is CNC(C)C1CCCN(Cc2cccc(F)c2F)C1. The first-order valence-electron chi connectivity index (χ1n) is 6.94. The molecule has 2 rings (SSSR count). The maximum absolute atomic E-state index is 13.7. The van der Waals surface area contributed by atoms with Crippen LogP contribution in [0.3, 0.4) is 0 Å². The third-order valence-electron chi connectivity index (χ3n) is 4.13. The van der Waals surface area contributed by atoms with Gasteiger partial charge in [0.2, 0.25) is 0 Å². The van der Waals surface area contributed by atoms with Crippen LogP contribution in [0.25, 0.3) is 0 Å². The lowest BCUT2D eigenvalue weighted by Crippen LogP contribution is -2.43. The molecule has 0 amide bonds. The molecule has 0 aromatic heterocycles. The maximum atomic E-state index is 13.7. The second-order valence-electron chi connectivity index (χ2n) is 5.43. The second-order valence-corrected chi connectivity index (χ2v) is 5.43. The molecular formula is C15H22F2N2. The van der Waals surface area contributed by atoms with Crippen molar-refractivity contribution in [2.45, 2.75) is 32.4 Å². The molecule has 4 heteroatoms. The van der Waals surface area contributed by atoms with E-state index >= 15 is 0 Å². The monoisotopic (exact) mass is 268 g/mol. The summed E-state index contributed by atoms with van der Waals surface area (Å²) in [6.07, 6.45) is 2.32. The van der Waals surface area contributed by atoms with Gasteiger partial charge < -0.3 is 5.32 Å². The summed E-state index contributed by atoms with van der Waals surface area (Å²) < 4.78 is 26.9. The standard InChI is InChI=1S/C15H22F2N2/c1-11(18-2)12-6-4-8-19(9-12)10-13-5-3-7-14(16)15(13)17/h3,5,7,11-12,18H,4,6,8-10H2,1-2H3. The van der Waals surface area contributed by atoms with E-state index in [-0.39, 0.29) is 0 Å². The number of benzene rings is 1. The van der Waals surface area contributed by atoms with E-state index in [0.29, 0.717) is 24.1 Å². The molecule has 0 saturated carbocycles. The molecular weight excluding hydrogens is 246 g/mol. The molecule has 0 radical (unpaired) electrons. The Kier molecular flexibility index (Phi) is 4.88. The van der Waals surface area contributed by atoms with E-state index in [1.54, 1.807) is 12.1 Å². The van der Waals surface area contributed by atoms with Crippen LogP contribution in [0.2, 0.25) is 0 Å². The number of piperidine rings is 1. The van der Waals surface area contributed by atoms with Gasteiger partial charge in [0.25, 0.3) is 0 Å². The Morgan fingerprint density at radius 3 is 2.95 bits per heavy atom. The van der Waals surface area contributed by atoms with E-state index in [1.165, 1.54) is 12.5 Å². The molecule has 2 nitrogen and oxygen atoms in total. The Morgan fingerprint density at radius 1 is 1.42 bits per heavy atom. The summed E-state index contributed by atoms with van der Waals surface area (Å²) in [5.74, 6) is -0.878. The minimum absolute atomic E-state index is 0.456. The Morgan fingerprint density at radius 2 is 2.21 bits per heavy atom. The number of nitrogens with one attached hydrogen (secondary N) is 1. The molecule has 1 aromatic rings. The quantitative estimate of drug-likeness (QED) is 0.903. The molecule has 1 heterocycles. The molecule has 0 aliphatic carbocycles. The zero-order valence-corrected chi connectivity index (χ0v) is 11.6. The van der Waals surface area contributed by atoms with Gasteiger partial charge >= 0.3 is 0 Å². The highest BCUT2D eigenvalue weighted by atomic mass is 19.2. The number of rotatable bonds is 4. The van der Waals surface area contributed by atoms with Gasteiger partial charge in [-0.05, 0) is 45.3 Å². The van der Waals surface area contributed by atoms with Crippen LogP contribution in [0, 0.1) is 17.6 Å². The molecule has 1 saturated heterocycles. The van der Waals surface area contributed by atoms with Gasteiger partial charge in [0.15, 0.2) is 11.6 Å². The molecule has 0 spiro atoms. The van der Waals surface area contributed by atoms with Gasteiger partial charge in [0.05, 0.1) is 0 Å². The summed E-state index contributed by atoms with van der Waals surface area (Å²) in [7, 11) is 1.97. The first kappa shape index (κ1) is 14.4. The van der Waals surface area contributed by atoms with Crippen LogP contribution >= 0.6 is 0 Å². The van der Waals surface area contributed by atoms with Gasteiger partial charge in [-0.25, -0.2) is 8.78 Å². The lowest BCUT2D eigenvalue weighted by Gasteiger charge is -2.35. The van der Waals surface area contributed by atoms with Crippen LogP contribution in [0.4, 0.5) is 8.78 Å². The van der Waals surface area contributed by atoms with Crippen LogP contribution in [0.1, 0.15) is 25.3 Å². The molecule has 1 fully saturated rings. The number of hydrogen-bond donors (Lipinski definition) is 1. The number of hydrogen-bond acceptors (Lipinski definition) is 2. The average molecular weight is 268 g/mol. The molecule has 2 atom stereocenters. The second kappa shape index (κ2) is 6.44. The van der Waals surface area contributed by atoms with Crippen molar-refractivity contribution >= 4 is 0 Å². The van der Waals surface area contributed by atoms with Gasteiger partial charge in [-0.15, -0.1) is 0 Å². The predicted molar refractivity (Wildman–Crippen MR) is 72.9 cm³/mol. The van der Waals surface area contributed by atoms with Crippen LogP contribution in [-0.2, 0) is 6.54 Å². The third kappa shape index (κ3) is 3.51. The normalized spacial score (nSPS) is 22.4. The van der Waals surface area contributed by atoms with Crippen molar-refractivity contribution in [3.8, 4) is 0 Å². The molecule has 1 aliphatic heterocycles. The minimum atomic E-state index is -0.755. The van der Waals surface area contributed by atoms with E-state index in [4.69, 9.17) is 0 Å². The van der Waals surface area contributed by atoms with Gasteiger partial charge in [-0.2, -0.15) is 0 Å². The van der Waals surface area contributed by atoms with Crippen molar-refractivity contribution in [1.82, 2.24) is 10.2 Å². The molecule has 1 N–H and O–H groups in total. The fourth-order valence-electron chi connectivity index (χ4n) is 2.79. The van der Waals surface area contributed by atoms with Gasteiger partial charge in [-0.3, -0.25) is 4.90 Å². The number of halogens is 2. The van der Waals surface area contributed by atoms with Gasteiger partial charge in [-0.1, -0.05) is 12.1 Å². The third-order valence-corrected chi connectivity index (χ3v) is 4.13. The van der Waals surface area contributed by atoms with Gasteiger partial charge in [0.1, 0.15) is 0 Å². The molecule has 106 valence electrons. The van der Waals surface area contributed by atoms with Crippen LogP contribution in [0.5, 0.6) is 0 Å². The topological polar surface area (TPSA) is 15.3 Å². The zero-order chi connectivity index (χ0) is 13.8. The van der Waals surface area contributed by atoms with E-state index in [2.05, 4.69) is 17.1 Å². The van der Waals surface area contributed by atoms with Crippen molar-refractivity contribution in [1.29, 1.82) is 0 Å². The van der Waals surface area contributed by atoms with E-state index in [1.807, 2.05) is 7.05 Å². The molecule has 1 aromatic carbocycles. The summed E-state index contributed by atoms with van der Waals surface area (Å²) >= 11 is 0. The Hall–Kier alpha value is -1.00. The summed E-state index contributed by atoms with van der Waals surface area (Å²) in [4.78, 5) is 2.22.